The molecule has 2 aromatic carbocycles. The summed E-state index contributed by atoms with van der Waals surface area (Å²) >= 11 is 0. The third-order valence-electron chi connectivity index (χ3n) is 5.12. The Morgan fingerprint density at radius 1 is 1.07 bits per heavy atom. The van der Waals surface area contributed by atoms with Crippen molar-refractivity contribution in [3.05, 3.63) is 65.2 Å². The van der Waals surface area contributed by atoms with Crippen LogP contribution in [0.15, 0.2) is 53.4 Å². The van der Waals surface area contributed by atoms with Gasteiger partial charge in [0.15, 0.2) is 9.84 Å². The van der Waals surface area contributed by atoms with Crippen LogP contribution in [0.2, 0.25) is 0 Å². The van der Waals surface area contributed by atoms with Gasteiger partial charge in [0.25, 0.3) is 0 Å². The van der Waals surface area contributed by atoms with Crippen LogP contribution in [0.3, 0.4) is 0 Å². The molecule has 0 bridgehead atoms. The molecule has 1 aliphatic rings. The number of carbonyl (C=O) groups is 2. The standard InChI is InChI=1S/C21H24N2O4S/c1-14(16-8-10-19(11-9-16)28(3,26)27)22-21(25)20-12-17-6-4-5-7-18(17)13-23(20)15(2)24/h4-11,14,20H,12-13H2,1-3H3,(H,22,25)/t14-,20+/m1/s1. The van der Waals surface area contributed by atoms with E-state index in [-0.39, 0.29) is 22.8 Å². The predicted molar refractivity (Wildman–Crippen MR) is 106 cm³/mol. The first-order chi connectivity index (χ1) is 13.2. The summed E-state index contributed by atoms with van der Waals surface area (Å²) in [6.07, 6.45) is 1.63. The Morgan fingerprint density at radius 3 is 2.25 bits per heavy atom. The summed E-state index contributed by atoms with van der Waals surface area (Å²) < 4.78 is 23.2. The SMILES string of the molecule is CC(=O)N1Cc2ccccc2C[C@H]1C(=O)N[C@H](C)c1ccc(S(C)(=O)=O)cc1. The van der Waals surface area contributed by atoms with Gasteiger partial charge in [-0.1, -0.05) is 36.4 Å². The number of sulfone groups is 1. The Labute approximate surface area is 165 Å². The summed E-state index contributed by atoms with van der Waals surface area (Å²) in [7, 11) is -3.26. The highest BCUT2D eigenvalue weighted by Gasteiger charge is 2.33. The molecule has 1 heterocycles. The molecule has 7 heteroatoms. The molecule has 0 radical (unpaired) electrons. The highest BCUT2D eigenvalue weighted by Crippen LogP contribution is 2.24. The minimum atomic E-state index is -3.26. The average Bonchev–Trinajstić information content (AvgIpc) is 2.66. The lowest BCUT2D eigenvalue weighted by molar-refractivity contribution is -0.140. The molecule has 0 fully saturated rings. The molecule has 1 aliphatic heterocycles. The van der Waals surface area contributed by atoms with Gasteiger partial charge in [-0.25, -0.2) is 8.42 Å². The molecule has 3 rings (SSSR count). The first-order valence-corrected chi connectivity index (χ1v) is 11.0. The topological polar surface area (TPSA) is 83.6 Å². The molecule has 0 unspecified atom stereocenters. The predicted octanol–water partition coefficient (Wildman–Crippen LogP) is 2.24. The summed E-state index contributed by atoms with van der Waals surface area (Å²) in [5.41, 5.74) is 2.93. The van der Waals surface area contributed by atoms with Crippen LogP contribution in [0.25, 0.3) is 0 Å². The van der Waals surface area contributed by atoms with E-state index in [1.165, 1.54) is 19.1 Å². The molecule has 0 saturated heterocycles. The van der Waals surface area contributed by atoms with Crippen molar-refractivity contribution in [2.75, 3.05) is 6.26 Å². The van der Waals surface area contributed by atoms with E-state index < -0.39 is 15.9 Å². The van der Waals surface area contributed by atoms with Crippen LogP contribution in [-0.4, -0.2) is 37.4 Å². The number of rotatable bonds is 4. The van der Waals surface area contributed by atoms with E-state index in [0.717, 1.165) is 22.9 Å². The van der Waals surface area contributed by atoms with E-state index in [9.17, 15) is 18.0 Å². The van der Waals surface area contributed by atoms with Crippen molar-refractivity contribution in [1.82, 2.24) is 10.2 Å². The van der Waals surface area contributed by atoms with Gasteiger partial charge in [-0.2, -0.15) is 0 Å². The van der Waals surface area contributed by atoms with Crippen LogP contribution in [0.1, 0.15) is 36.6 Å². The zero-order valence-corrected chi connectivity index (χ0v) is 17.0. The zero-order valence-electron chi connectivity index (χ0n) is 16.2. The number of carbonyl (C=O) groups excluding carboxylic acids is 2. The van der Waals surface area contributed by atoms with Gasteiger partial charge in [0.1, 0.15) is 6.04 Å². The highest BCUT2D eigenvalue weighted by atomic mass is 32.2. The summed E-state index contributed by atoms with van der Waals surface area (Å²) in [5.74, 6) is -0.357. The van der Waals surface area contributed by atoms with Crippen molar-refractivity contribution in [2.45, 2.75) is 43.8 Å². The summed E-state index contributed by atoms with van der Waals surface area (Å²) in [4.78, 5) is 26.9. The largest absolute Gasteiger partial charge is 0.348 e. The number of nitrogens with one attached hydrogen (secondary N) is 1. The molecule has 0 aliphatic carbocycles. The van der Waals surface area contributed by atoms with Crippen LogP contribution in [0.4, 0.5) is 0 Å². The van der Waals surface area contributed by atoms with E-state index >= 15 is 0 Å². The maximum atomic E-state index is 12.9. The Hall–Kier alpha value is -2.67. The second-order valence-corrected chi connectivity index (χ2v) is 9.22. The van der Waals surface area contributed by atoms with Crippen LogP contribution in [0, 0.1) is 0 Å². The molecule has 6 nitrogen and oxygen atoms in total. The minimum absolute atomic E-state index is 0.139. The molecule has 2 atom stereocenters. The molecule has 0 aromatic heterocycles. The molecule has 2 amide bonds. The molecule has 0 spiro atoms. The first-order valence-electron chi connectivity index (χ1n) is 9.11. The maximum Gasteiger partial charge on any atom is 0.243 e. The fourth-order valence-corrected chi connectivity index (χ4v) is 4.12. The van der Waals surface area contributed by atoms with Crippen molar-refractivity contribution >= 4 is 21.7 Å². The molecule has 2 aromatic rings. The summed E-state index contributed by atoms with van der Waals surface area (Å²) in [6.45, 7) is 3.73. The van der Waals surface area contributed by atoms with Crippen molar-refractivity contribution < 1.29 is 18.0 Å². The van der Waals surface area contributed by atoms with Crippen molar-refractivity contribution in [3.63, 3.8) is 0 Å². The monoisotopic (exact) mass is 400 g/mol. The number of benzene rings is 2. The van der Waals surface area contributed by atoms with Gasteiger partial charge < -0.3 is 10.2 Å². The number of nitrogens with zero attached hydrogens (tertiary/aromatic N) is 1. The van der Waals surface area contributed by atoms with Crippen molar-refractivity contribution in [3.8, 4) is 0 Å². The average molecular weight is 401 g/mol. The van der Waals surface area contributed by atoms with Gasteiger partial charge in [-0.05, 0) is 35.7 Å². The van der Waals surface area contributed by atoms with Gasteiger partial charge in [0.05, 0.1) is 10.9 Å². The van der Waals surface area contributed by atoms with Crippen LogP contribution >= 0.6 is 0 Å². The van der Waals surface area contributed by atoms with E-state index in [1.54, 1.807) is 17.0 Å². The quantitative estimate of drug-likeness (QED) is 0.853. The van der Waals surface area contributed by atoms with E-state index in [1.807, 2.05) is 31.2 Å². The van der Waals surface area contributed by atoms with E-state index in [0.29, 0.717) is 13.0 Å². The highest BCUT2D eigenvalue weighted by molar-refractivity contribution is 7.90. The van der Waals surface area contributed by atoms with Crippen LogP contribution in [0.5, 0.6) is 0 Å². The Bertz CT molecular complexity index is 999. The molecule has 0 saturated carbocycles. The second-order valence-electron chi connectivity index (χ2n) is 7.21. The third kappa shape index (κ3) is 4.25. The first kappa shape index (κ1) is 20.1. The normalized spacial score (nSPS) is 17.5. The Kier molecular flexibility index (Phi) is 5.56. The number of hydrogen-bond acceptors (Lipinski definition) is 4. The molecule has 1 N–H and O–H groups in total. The summed E-state index contributed by atoms with van der Waals surface area (Å²) in [5, 5.41) is 2.96. The second kappa shape index (κ2) is 7.75. The fourth-order valence-electron chi connectivity index (χ4n) is 3.48. The Balaban J connectivity index is 1.76. The smallest absolute Gasteiger partial charge is 0.243 e. The van der Waals surface area contributed by atoms with Gasteiger partial charge in [0, 0.05) is 26.1 Å². The van der Waals surface area contributed by atoms with Gasteiger partial charge in [-0.15, -0.1) is 0 Å². The van der Waals surface area contributed by atoms with Crippen LogP contribution in [-0.2, 0) is 32.4 Å². The fraction of sp³-hybridized carbons (Fsp3) is 0.333. The van der Waals surface area contributed by atoms with E-state index in [2.05, 4.69) is 5.32 Å². The van der Waals surface area contributed by atoms with Crippen LogP contribution < -0.4 is 5.32 Å². The maximum absolute atomic E-state index is 12.9. The van der Waals surface area contributed by atoms with Gasteiger partial charge in [-0.3, -0.25) is 9.59 Å². The number of fused-ring (bicyclic) bond motifs is 1. The van der Waals surface area contributed by atoms with Gasteiger partial charge >= 0.3 is 0 Å². The Morgan fingerprint density at radius 2 is 1.68 bits per heavy atom. The summed E-state index contributed by atoms with van der Waals surface area (Å²) in [6, 6.07) is 13.4. The lowest BCUT2D eigenvalue weighted by Crippen LogP contribution is -2.52. The molecular formula is C21H24N2O4S. The van der Waals surface area contributed by atoms with Crippen molar-refractivity contribution in [1.29, 1.82) is 0 Å². The zero-order chi connectivity index (χ0) is 20.5. The van der Waals surface area contributed by atoms with Crippen molar-refractivity contribution in [2.24, 2.45) is 0 Å². The number of hydrogen-bond donors (Lipinski definition) is 1. The lowest BCUT2D eigenvalue weighted by Gasteiger charge is -2.36. The lowest BCUT2D eigenvalue weighted by atomic mass is 9.93. The molecular weight excluding hydrogens is 376 g/mol. The minimum Gasteiger partial charge on any atom is -0.348 e. The van der Waals surface area contributed by atoms with Gasteiger partial charge in [0.2, 0.25) is 11.8 Å². The molecule has 148 valence electrons. The third-order valence-corrected chi connectivity index (χ3v) is 6.25. The molecule has 28 heavy (non-hydrogen) atoms. The van der Waals surface area contributed by atoms with E-state index in [4.69, 9.17) is 0 Å². The number of amides is 2.